The summed E-state index contributed by atoms with van der Waals surface area (Å²) < 4.78 is 28.1. The van der Waals surface area contributed by atoms with Crippen molar-refractivity contribution in [3.05, 3.63) is 18.2 Å². The molecule has 0 aliphatic heterocycles. The number of aryl methyl sites for hydroxylation is 1. The molecule has 0 bridgehead atoms. The molecule has 1 heterocycles. The van der Waals surface area contributed by atoms with E-state index in [1.54, 1.807) is 30.9 Å². The van der Waals surface area contributed by atoms with Crippen molar-refractivity contribution < 1.29 is 8.42 Å². The van der Waals surface area contributed by atoms with E-state index in [1.165, 1.54) is 0 Å². The van der Waals surface area contributed by atoms with Gasteiger partial charge in [-0.25, -0.2) is 18.1 Å². The minimum absolute atomic E-state index is 0.151. The zero-order chi connectivity index (χ0) is 11.1. The van der Waals surface area contributed by atoms with E-state index in [-0.39, 0.29) is 6.04 Å². The van der Waals surface area contributed by atoms with Gasteiger partial charge < -0.3 is 4.57 Å². The minimum Gasteiger partial charge on any atom is -0.337 e. The van der Waals surface area contributed by atoms with Gasteiger partial charge in [0.1, 0.15) is 11.1 Å². The number of hydrogen-bond acceptors (Lipinski definition) is 3. The van der Waals surface area contributed by atoms with Gasteiger partial charge in [0.2, 0.25) is 10.0 Å². The summed E-state index contributed by atoms with van der Waals surface area (Å²) in [5, 5.41) is -0.599. The van der Waals surface area contributed by atoms with E-state index < -0.39 is 15.3 Å². The van der Waals surface area contributed by atoms with Gasteiger partial charge in [-0.3, -0.25) is 0 Å². The van der Waals surface area contributed by atoms with E-state index >= 15 is 0 Å². The number of nitrogens with one attached hydrogen (secondary N) is 1. The molecule has 1 fully saturated rings. The van der Waals surface area contributed by atoms with E-state index in [4.69, 9.17) is 0 Å². The molecule has 0 spiro atoms. The number of nitrogens with zero attached hydrogens (tertiary/aromatic N) is 2. The van der Waals surface area contributed by atoms with Gasteiger partial charge in [0, 0.05) is 25.5 Å². The van der Waals surface area contributed by atoms with Gasteiger partial charge in [0.15, 0.2) is 0 Å². The summed E-state index contributed by atoms with van der Waals surface area (Å²) in [5.41, 5.74) is 0. The summed E-state index contributed by atoms with van der Waals surface area (Å²) in [4.78, 5) is 4.05. The molecule has 6 heteroatoms. The molecule has 1 saturated carbocycles. The quantitative estimate of drug-likeness (QED) is 0.820. The van der Waals surface area contributed by atoms with Crippen molar-refractivity contribution in [3.63, 3.8) is 0 Å². The Balaban J connectivity index is 2.19. The van der Waals surface area contributed by atoms with Crippen LogP contribution in [0.5, 0.6) is 0 Å². The Morgan fingerprint density at radius 2 is 2.27 bits per heavy atom. The molecule has 1 aliphatic carbocycles. The lowest BCUT2D eigenvalue weighted by Gasteiger charge is -2.13. The highest BCUT2D eigenvalue weighted by molar-refractivity contribution is 7.89. The molecule has 2 rings (SSSR count). The second-order valence-corrected chi connectivity index (χ2v) is 6.01. The van der Waals surface area contributed by atoms with Crippen LogP contribution >= 0.6 is 0 Å². The number of rotatable bonds is 4. The molecular weight excluding hydrogens is 214 g/mol. The van der Waals surface area contributed by atoms with Crippen LogP contribution < -0.4 is 4.72 Å². The fraction of sp³-hybridized carbons (Fsp3) is 0.667. The Bertz CT molecular complexity index is 448. The highest BCUT2D eigenvalue weighted by atomic mass is 32.2. The predicted octanol–water partition coefficient (Wildman–Crippen LogP) is 0.563. The molecule has 0 amide bonds. The fourth-order valence-electron chi connectivity index (χ4n) is 1.44. The number of imidazole rings is 1. The molecule has 1 atom stereocenters. The monoisotopic (exact) mass is 229 g/mol. The van der Waals surface area contributed by atoms with Crippen LogP contribution in [0, 0.1) is 0 Å². The maximum atomic E-state index is 11.9. The molecule has 1 aromatic heterocycles. The van der Waals surface area contributed by atoms with Crippen LogP contribution in [0.4, 0.5) is 0 Å². The summed E-state index contributed by atoms with van der Waals surface area (Å²) in [7, 11) is -1.48. The second kappa shape index (κ2) is 3.61. The Morgan fingerprint density at radius 3 is 2.73 bits per heavy atom. The van der Waals surface area contributed by atoms with Gasteiger partial charge in [-0.2, -0.15) is 0 Å². The maximum absolute atomic E-state index is 11.9. The third-order valence-corrected chi connectivity index (χ3v) is 4.40. The lowest BCUT2D eigenvalue weighted by atomic mass is 10.4. The van der Waals surface area contributed by atoms with E-state index in [1.807, 2.05) is 0 Å². The fourth-order valence-corrected chi connectivity index (χ4v) is 2.85. The summed E-state index contributed by atoms with van der Waals surface area (Å²) >= 11 is 0. The zero-order valence-corrected chi connectivity index (χ0v) is 9.66. The molecule has 0 aromatic carbocycles. The smallest absolute Gasteiger partial charge is 0.221 e. The van der Waals surface area contributed by atoms with Crippen LogP contribution in [0.25, 0.3) is 0 Å². The van der Waals surface area contributed by atoms with Crippen molar-refractivity contribution in [1.82, 2.24) is 14.3 Å². The van der Waals surface area contributed by atoms with Crippen molar-refractivity contribution in [2.75, 3.05) is 0 Å². The molecule has 0 radical (unpaired) electrons. The third-order valence-electron chi connectivity index (χ3n) is 2.60. The van der Waals surface area contributed by atoms with E-state index in [0.717, 1.165) is 12.8 Å². The van der Waals surface area contributed by atoms with Crippen LogP contribution in [-0.2, 0) is 17.1 Å². The minimum atomic E-state index is -3.28. The molecule has 5 nitrogen and oxygen atoms in total. The first-order valence-corrected chi connectivity index (χ1v) is 6.53. The number of aromatic nitrogens is 2. The van der Waals surface area contributed by atoms with Crippen molar-refractivity contribution >= 4 is 10.0 Å². The van der Waals surface area contributed by atoms with Gasteiger partial charge in [-0.1, -0.05) is 0 Å². The van der Waals surface area contributed by atoms with E-state index in [2.05, 4.69) is 9.71 Å². The molecule has 1 N–H and O–H groups in total. The lowest BCUT2D eigenvalue weighted by Crippen LogP contribution is -2.30. The van der Waals surface area contributed by atoms with Crippen LogP contribution in [-0.4, -0.2) is 24.0 Å². The first-order chi connectivity index (χ1) is 7.00. The Kier molecular flexibility index (Phi) is 2.56. The van der Waals surface area contributed by atoms with Crippen molar-refractivity contribution in [2.45, 2.75) is 31.1 Å². The topological polar surface area (TPSA) is 64.0 Å². The Hall–Kier alpha value is -0.880. The third kappa shape index (κ3) is 2.21. The summed E-state index contributed by atoms with van der Waals surface area (Å²) in [6, 6.07) is 0.151. The van der Waals surface area contributed by atoms with Gasteiger partial charge in [-0.15, -0.1) is 0 Å². The van der Waals surface area contributed by atoms with Crippen LogP contribution in [0.3, 0.4) is 0 Å². The normalized spacial score (nSPS) is 19.1. The largest absolute Gasteiger partial charge is 0.337 e. The predicted molar refractivity (Wildman–Crippen MR) is 56.7 cm³/mol. The maximum Gasteiger partial charge on any atom is 0.221 e. The molecular formula is C9H15N3O2S. The molecule has 1 aromatic rings. The Morgan fingerprint density at radius 1 is 1.60 bits per heavy atom. The van der Waals surface area contributed by atoms with Crippen molar-refractivity contribution in [1.29, 1.82) is 0 Å². The van der Waals surface area contributed by atoms with Gasteiger partial charge in [0.05, 0.1) is 0 Å². The van der Waals surface area contributed by atoms with Gasteiger partial charge >= 0.3 is 0 Å². The highest BCUT2D eigenvalue weighted by Crippen LogP contribution is 2.25. The van der Waals surface area contributed by atoms with Crippen molar-refractivity contribution in [3.8, 4) is 0 Å². The average molecular weight is 229 g/mol. The van der Waals surface area contributed by atoms with E-state index in [0.29, 0.717) is 5.82 Å². The van der Waals surface area contributed by atoms with Gasteiger partial charge in [0.25, 0.3) is 0 Å². The summed E-state index contributed by atoms with van der Waals surface area (Å²) in [6.07, 6.45) is 5.26. The molecule has 15 heavy (non-hydrogen) atoms. The summed E-state index contributed by atoms with van der Waals surface area (Å²) in [6.45, 7) is 1.66. The van der Waals surface area contributed by atoms with E-state index in [9.17, 15) is 8.42 Å². The molecule has 0 unspecified atom stereocenters. The number of sulfonamides is 1. The number of hydrogen-bond donors (Lipinski definition) is 1. The van der Waals surface area contributed by atoms with Crippen LogP contribution in [0.1, 0.15) is 30.8 Å². The average Bonchev–Trinajstić information content (AvgIpc) is 2.84. The zero-order valence-electron chi connectivity index (χ0n) is 8.84. The first kappa shape index (κ1) is 10.6. The highest BCUT2D eigenvalue weighted by Gasteiger charge is 2.32. The van der Waals surface area contributed by atoms with Crippen molar-refractivity contribution in [2.24, 2.45) is 7.05 Å². The SMILES string of the molecule is C[C@H](c1nccn1C)S(=O)(=O)NC1CC1. The first-order valence-electron chi connectivity index (χ1n) is 4.99. The second-order valence-electron chi connectivity index (χ2n) is 3.98. The van der Waals surface area contributed by atoms with Crippen LogP contribution in [0.2, 0.25) is 0 Å². The van der Waals surface area contributed by atoms with Gasteiger partial charge in [-0.05, 0) is 19.8 Å². The standard InChI is InChI=1S/C9H15N3O2S/c1-7(9-10-5-6-12(9)2)15(13,14)11-8-3-4-8/h5-8,11H,3-4H2,1-2H3/t7-/m1/s1. The molecule has 0 saturated heterocycles. The van der Waals surface area contributed by atoms with Crippen LogP contribution in [0.15, 0.2) is 12.4 Å². The molecule has 1 aliphatic rings. The Labute approximate surface area is 89.6 Å². The lowest BCUT2D eigenvalue weighted by molar-refractivity contribution is 0.564. The molecule has 84 valence electrons. The summed E-state index contributed by atoms with van der Waals surface area (Å²) in [5.74, 6) is 0.572.